The molecule has 1 amide bonds. The van der Waals surface area contributed by atoms with Crippen molar-refractivity contribution in [3.05, 3.63) is 58.9 Å². The number of hydrogen-bond donors (Lipinski definition) is 0. The molecule has 2 heterocycles. The Hall–Kier alpha value is -2.45. The predicted molar refractivity (Wildman–Crippen MR) is 80.6 cm³/mol. The van der Waals surface area contributed by atoms with Gasteiger partial charge in [0.05, 0.1) is 12.6 Å². The number of carbonyl (C=O) groups is 1. The van der Waals surface area contributed by atoms with Crippen LogP contribution in [0.4, 0.5) is 0 Å². The molecule has 3 rings (SSSR count). The summed E-state index contributed by atoms with van der Waals surface area (Å²) in [6.45, 7) is 0.524. The summed E-state index contributed by atoms with van der Waals surface area (Å²) >= 11 is 5.78. The van der Waals surface area contributed by atoms with Gasteiger partial charge in [-0.2, -0.15) is 10.3 Å². The van der Waals surface area contributed by atoms with Gasteiger partial charge in [0.15, 0.2) is 0 Å². The lowest BCUT2D eigenvalue weighted by molar-refractivity contribution is -0.121. The Bertz CT molecular complexity index is 813. The van der Waals surface area contributed by atoms with Gasteiger partial charge in [0.2, 0.25) is 0 Å². The van der Waals surface area contributed by atoms with Crippen LogP contribution in [0.5, 0.6) is 0 Å². The maximum atomic E-state index is 12.1. The number of carbonyl (C=O) groups excluding carboxylic acids is 1. The lowest BCUT2D eigenvalue weighted by Gasteiger charge is -2.07. The van der Waals surface area contributed by atoms with Crippen molar-refractivity contribution in [3.8, 4) is 6.07 Å². The predicted octanol–water partition coefficient (Wildman–Crippen LogP) is 2.32. The molecular formula is C16H13ClN4O. The van der Waals surface area contributed by atoms with Crippen molar-refractivity contribution in [1.82, 2.24) is 9.55 Å². The molecule has 2 aromatic rings. The molecular weight excluding hydrogens is 300 g/mol. The van der Waals surface area contributed by atoms with Crippen LogP contribution in [0.15, 0.2) is 47.7 Å². The van der Waals surface area contributed by atoms with E-state index in [0.717, 1.165) is 5.56 Å². The first kappa shape index (κ1) is 14.5. The Labute approximate surface area is 132 Å². The number of rotatable bonds is 3. The van der Waals surface area contributed by atoms with Crippen molar-refractivity contribution in [1.29, 1.82) is 5.26 Å². The van der Waals surface area contributed by atoms with Crippen LogP contribution in [0.1, 0.15) is 18.4 Å². The highest BCUT2D eigenvalue weighted by Crippen LogP contribution is 2.45. The van der Waals surface area contributed by atoms with Crippen molar-refractivity contribution in [2.75, 3.05) is 0 Å². The SMILES string of the molecule is N#CC1(C(=O)N=c2ccccn2Cc2ccc(Cl)nc2)CC1. The fourth-order valence-corrected chi connectivity index (χ4v) is 2.22. The highest BCUT2D eigenvalue weighted by atomic mass is 35.5. The molecule has 0 spiro atoms. The van der Waals surface area contributed by atoms with E-state index >= 15 is 0 Å². The zero-order chi connectivity index (χ0) is 15.6. The summed E-state index contributed by atoms with van der Waals surface area (Å²) in [7, 11) is 0. The van der Waals surface area contributed by atoms with Crippen LogP contribution >= 0.6 is 11.6 Å². The van der Waals surface area contributed by atoms with Gasteiger partial charge in [0.25, 0.3) is 5.91 Å². The molecule has 1 saturated carbocycles. The van der Waals surface area contributed by atoms with Gasteiger partial charge in [0.1, 0.15) is 16.1 Å². The first-order valence-corrected chi connectivity index (χ1v) is 7.27. The summed E-state index contributed by atoms with van der Waals surface area (Å²) in [4.78, 5) is 20.3. The van der Waals surface area contributed by atoms with E-state index in [1.54, 1.807) is 18.3 Å². The Morgan fingerprint density at radius 1 is 1.41 bits per heavy atom. The molecule has 0 bridgehead atoms. The number of nitrogens with zero attached hydrogens (tertiary/aromatic N) is 4. The van der Waals surface area contributed by atoms with Gasteiger partial charge >= 0.3 is 0 Å². The van der Waals surface area contributed by atoms with Crippen LogP contribution in [0.25, 0.3) is 0 Å². The molecule has 5 nitrogen and oxygen atoms in total. The van der Waals surface area contributed by atoms with E-state index in [4.69, 9.17) is 16.9 Å². The third kappa shape index (κ3) is 2.92. The molecule has 0 aliphatic heterocycles. The summed E-state index contributed by atoms with van der Waals surface area (Å²) in [5.41, 5.74) is 0.588. The fraction of sp³-hybridized carbons (Fsp3) is 0.250. The third-order valence-electron chi connectivity index (χ3n) is 3.65. The van der Waals surface area contributed by atoms with Crippen LogP contribution in [0, 0.1) is 16.7 Å². The zero-order valence-corrected chi connectivity index (χ0v) is 12.5. The van der Waals surface area contributed by atoms with E-state index < -0.39 is 5.41 Å². The van der Waals surface area contributed by atoms with Gasteiger partial charge in [-0.1, -0.05) is 23.7 Å². The molecule has 0 aromatic carbocycles. The van der Waals surface area contributed by atoms with E-state index in [1.807, 2.05) is 29.0 Å². The summed E-state index contributed by atoms with van der Waals surface area (Å²) in [5.74, 6) is -0.357. The van der Waals surface area contributed by atoms with Crippen molar-refractivity contribution in [2.24, 2.45) is 10.4 Å². The van der Waals surface area contributed by atoms with E-state index in [2.05, 4.69) is 16.0 Å². The van der Waals surface area contributed by atoms with Crippen LogP contribution < -0.4 is 5.49 Å². The smallest absolute Gasteiger partial charge is 0.268 e. The summed E-state index contributed by atoms with van der Waals surface area (Å²) in [5, 5.41) is 9.51. The quantitative estimate of drug-likeness (QED) is 0.817. The van der Waals surface area contributed by atoms with Crippen LogP contribution in [-0.2, 0) is 11.3 Å². The molecule has 0 saturated heterocycles. The molecule has 0 atom stereocenters. The number of nitriles is 1. The minimum atomic E-state index is -0.893. The maximum Gasteiger partial charge on any atom is 0.268 e. The van der Waals surface area contributed by atoms with E-state index in [1.165, 1.54) is 0 Å². The Morgan fingerprint density at radius 2 is 2.23 bits per heavy atom. The van der Waals surface area contributed by atoms with Crippen molar-refractivity contribution in [2.45, 2.75) is 19.4 Å². The molecule has 22 heavy (non-hydrogen) atoms. The second kappa shape index (κ2) is 5.74. The molecule has 0 radical (unpaired) electrons. The van der Waals surface area contributed by atoms with Crippen molar-refractivity contribution < 1.29 is 4.79 Å². The van der Waals surface area contributed by atoms with Gasteiger partial charge in [0, 0.05) is 12.4 Å². The first-order chi connectivity index (χ1) is 10.6. The third-order valence-corrected chi connectivity index (χ3v) is 3.87. The first-order valence-electron chi connectivity index (χ1n) is 6.89. The van der Waals surface area contributed by atoms with Gasteiger partial charge in [-0.15, -0.1) is 0 Å². The average molecular weight is 313 g/mol. The standard InChI is InChI=1S/C16H13ClN4O/c17-13-5-4-12(9-19-13)10-21-8-2-1-3-14(21)20-15(22)16(11-18)6-7-16/h1-5,8-9H,6-7,10H2. The minimum absolute atomic E-state index is 0.357. The Kier molecular flexibility index (Phi) is 3.78. The largest absolute Gasteiger partial charge is 0.328 e. The average Bonchev–Trinajstić information content (AvgIpc) is 3.33. The summed E-state index contributed by atoms with van der Waals surface area (Å²) < 4.78 is 1.84. The highest BCUT2D eigenvalue weighted by Gasteiger charge is 2.50. The molecule has 2 aromatic heterocycles. The lowest BCUT2D eigenvalue weighted by atomic mass is 10.1. The number of halogens is 1. The Morgan fingerprint density at radius 3 is 2.86 bits per heavy atom. The van der Waals surface area contributed by atoms with Gasteiger partial charge < -0.3 is 4.57 Å². The minimum Gasteiger partial charge on any atom is -0.328 e. The molecule has 0 unspecified atom stereocenters. The number of hydrogen-bond acceptors (Lipinski definition) is 3. The van der Waals surface area contributed by atoms with Crippen LogP contribution in [0.2, 0.25) is 5.15 Å². The zero-order valence-electron chi connectivity index (χ0n) is 11.7. The lowest BCUT2D eigenvalue weighted by Crippen LogP contribution is -2.24. The van der Waals surface area contributed by atoms with Gasteiger partial charge in [-0.05, 0) is 36.6 Å². The topological polar surface area (TPSA) is 71.0 Å². The highest BCUT2D eigenvalue weighted by molar-refractivity contribution is 6.29. The fourth-order valence-electron chi connectivity index (χ4n) is 2.11. The molecule has 1 aliphatic carbocycles. The monoisotopic (exact) mass is 312 g/mol. The molecule has 6 heteroatoms. The Balaban J connectivity index is 1.92. The molecule has 0 N–H and O–H groups in total. The maximum absolute atomic E-state index is 12.1. The van der Waals surface area contributed by atoms with E-state index in [-0.39, 0.29) is 5.91 Å². The number of aromatic nitrogens is 2. The van der Waals surface area contributed by atoms with E-state index in [0.29, 0.717) is 30.0 Å². The van der Waals surface area contributed by atoms with Crippen molar-refractivity contribution in [3.63, 3.8) is 0 Å². The van der Waals surface area contributed by atoms with Crippen molar-refractivity contribution >= 4 is 17.5 Å². The summed E-state index contributed by atoms with van der Waals surface area (Å²) in [6, 6.07) is 11.1. The molecule has 1 fully saturated rings. The van der Waals surface area contributed by atoms with Gasteiger partial charge in [-0.25, -0.2) is 4.98 Å². The second-order valence-electron chi connectivity index (χ2n) is 5.29. The molecule has 1 aliphatic rings. The number of pyridine rings is 2. The van der Waals surface area contributed by atoms with Crippen LogP contribution in [-0.4, -0.2) is 15.5 Å². The van der Waals surface area contributed by atoms with Crippen LogP contribution in [0.3, 0.4) is 0 Å². The van der Waals surface area contributed by atoms with Gasteiger partial charge in [-0.3, -0.25) is 4.79 Å². The van der Waals surface area contributed by atoms with E-state index in [9.17, 15) is 4.79 Å². The normalized spacial score (nSPS) is 16.1. The molecule has 110 valence electrons. The second-order valence-corrected chi connectivity index (χ2v) is 5.67. The number of amides is 1. The summed E-state index contributed by atoms with van der Waals surface area (Å²) in [6.07, 6.45) is 4.72.